The molecule has 9 heteroatoms. The Hall–Kier alpha value is -3.98. The Bertz CT molecular complexity index is 1350. The van der Waals surface area contributed by atoms with E-state index in [4.69, 9.17) is 4.74 Å². The van der Waals surface area contributed by atoms with Gasteiger partial charge >= 0.3 is 6.36 Å². The van der Waals surface area contributed by atoms with Gasteiger partial charge in [0.2, 0.25) is 0 Å². The summed E-state index contributed by atoms with van der Waals surface area (Å²) in [7, 11) is 0. The van der Waals surface area contributed by atoms with Crippen LogP contribution in [0.1, 0.15) is 22.8 Å². The van der Waals surface area contributed by atoms with E-state index in [1.165, 1.54) is 30.3 Å². The van der Waals surface area contributed by atoms with Crippen molar-refractivity contribution in [1.29, 1.82) is 0 Å². The van der Waals surface area contributed by atoms with Crippen LogP contribution in [0.4, 0.5) is 13.2 Å². The van der Waals surface area contributed by atoms with Crippen molar-refractivity contribution in [1.82, 2.24) is 10.3 Å². The molecule has 0 saturated carbocycles. The number of ether oxygens (including phenoxy) is 2. The van der Waals surface area contributed by atoms with E-state index in [9.17, 15) is 23.1 Å². The van der Waals surface area contributed by atoms with Gasteiger partial charge in [0.15, 0.2) is 0 Å². The number of carbonyl (C=O) groups excluding carboxylic acids is 1. The minimum Gasteiger partial charge on any atom is -0.493 e. The molecule has 1 aromatic heterocycles. The third-order valence-electron chi connectivity index (χ3n) is 5.64. The van der Waals surface area contributed by atoms with Crippen LogP contribution in [-0.4, -0.2) is 41.6 Å². The van der Waals surface area contributed by atoms with E-state index >= 15 is 0 Å². The van der Waals surface area contributed by atoms with Crippen molar-refractivity contribution >= 4 is 16.8 Å². The zero-order chi connectivity index (χ0) is 25.7. The van der Waals surface area contributed by atoms with Crippen molar-refractivity contribution in [3.8, 4) is 22.6 Å². The number of H-pyrrole nitrogens is 1. The topological polar surface area (TPSA) is 83.6 Å². The highest BCUT2D eigenvalue weighted by Crippen LogP contribution is 2.35. The number of amides is 1. The number of aliphatic hydroxyl groups excluding tert-OH is 1. The summed E-state index contributed by atoms with van der Waals surface area (Å²) in [6.45, 7) is 1.74. The Morgan fingerprint density at radius 2 is 1.81 bits per heavy atom. The molecule has 0 aliphatic rings. The number of fused-ring (bicyclic) bond motifs is 1. The van der Waals surface area contributed by atoms with Crippen molar-refractivity contribution in [2.24, 2.45) is 0 Å². The highest BCUT2D eigenvalue weighted by Gasteiger charge is 2.32. The summed E-state index contributed by atoms with van der Waals surface area (Å²) in [6.07, 6.45) is -2.65. The molecule has 3 N–H and O–H groups in total. The summed E-state index contributed by atoms with van der Waals surface area (Å²) >= 11 is 0. The quantitative estimate of drug-likeness (QED) is 0.286. The fourth-order valence-electron chi connectivity index (χ4n) is 4.07. The molecule has 0 spiro atoms. The third-order valence-corrected chi connectivity index (χ3v) is 5.64. The SMILES string of the molecule is CCOc1ccc(-c2ccccc2OC(F)(F)F)cc1C(=O)N[C@@H](CO)Cc1c[nH]c2ccccc12. The summed E-state index contributed by atoms with van der Waals surface area (Å²) in [5.41, 5.74) is 2.53. The van der Waals surface area contributed by atoms with E-state index in [1.807, 2.05) is 30.5 Å². The second kappa shape index (κ2) is 10.7. The van der Waals surface area contributed by atoms with E-state index in [2.05, 4.69) is 15.0 Å². The molecule has 0 fully saturated rings. The van der Waals surface area contributed by atoms with Gasteiger partial charge in [0.05, 0.1) is 24.8 Å². The van der Waals surface area contributed by atoms with Crippen LogP contribution in [0, 0.1) is 0 Å². The number of benzene rings is 3. The first kappa shape index (κ1) is 25.1. The van der Waals surface area contributed by atoms with Gasteiger partial charge in [0.1, 0.15) is 11.5 Å². The number of hydrogen-bond donors (Lipinski definition) is 3. The molecule has 6 nitrogen and oxygen atoms in total. The van der Waals surface area contributed by atoms with Crippen LogP contribution in [0.3, 0.4) is 0 Å². The van der Waals surface area contributed by atoms with Gasteiger partial charge in [0.25, 0.3) is 5.91 Å². The molecule has 188 valence electrons. The van der Waals surface area contributed by atoms with Gasteiger partial charge in [-0.05, 0) is 48.7 Å². The average molecular weight is 499 g/mol. The first-order chi connectivity index (χ1) is 17.3. The second-order valence-corrected chi connectivity index (χ2v) is 8.10. The van der Waals surface area contributed by atoms with Crippen LogP contribution in [0.5, 0.6) is 11.5 Å². The Morgan fingerprint density at radius 3 is 2.56 bits per heavy atom. The van der Waals surface area contributed by atoms with Gasteiger partial charge in [0, 0.05) is 22.7 Å². The fraction of sp³-hybridized carbons (Fsp3) is 0.222. The van der Waals surface area contributed by atoms with Gasteiger partial charge in [-0.2, -0.15) is 0 Å². The van der Waals surface area contributed by atoms with Crippen LogP contribution in [0.15, 0.2) is 72.9 Å². The van der Waals surface area contributed by atoms with Crippen LogP contribution >= 0.6 is 0 Å². The molecule has 1 atom stereocenters. The zero-order valence-corrected chi connectivity index (χ0v) is 19.4. The lowest BCUT2D eigenvalue weighted by Crippen LogP contribution is -2.39. The molecule has 0 aliphatic heterocycles. The molecule has 0 aliphatic carbocycles. The van der Waals surface area contributed by atoms with Crippen molar-refractivity contribution in [3.63, 3.8) is 0 Å². The smallest absolute Gasteiger partial charge is 0.493 e. The Labute approximate surface area is 205 Å². The van der Waals surface area contributed by atoms with Gasteiger partial charge in [-0.15, -0.1) is 13.2 Å². The van der Waals surface area contributed by atoms with Crippen molar-refractivity contribution in [2.45, 2.75) is 25.7 Å². The first-order valence-corrected chi connectivity index (χ1v) is 11.4. The number of carbonyl (C=O) groups is 1. The number of nitrogens with one attached hydrogen (secondary N) is 2. The van der Waals surface area contributed by atoms with Crippen molar-refractivity contribution < 1.29 is 32.5 Å². The standard InChI is InChI=1S/C27H25F3N2O4/c1-2-35-24-12-11-17(21-8-4-6-10-25(21)36-27(28,29)30)14-22(24)26(34)32-19(16-33)13-18-15-31-23-9-5-3-7-20(18)23/h3-12,14-15,19,31,33H,2,13,16H2,1H3,(H,32,34)/t19-/m1/s1. The average Bonchev–Trinajstić information content (AvgIpc) is 3.26. The Morgan fingerprint density at radius 1 is 1.06 bits per heavy atom. The predicted molar refractivity (Wildman–Crippen MR) is 130 cm³/mol. The maximum absolute atomic E-state index is 13.3. The van der Waals surface area contributed by atoms with Crippen LogP contribution in [-0.2, 0) is 6.42 Å². The van der Waals surface area contributed by atoms with Gasteiger partial charge in [-0.1, -0.05) is 42.5 Å². The molecule has 36 heavy (non-hydrogen) atoms. The second-order valence-electron chi connectivity index (χ2n) is 8.10. The molecular weight excluding hydrogens is 473 g/mol. The number of aromatic nitrogens is 1. The highest BCUT2D eigenvalue weighted by molar-refractivity contribution is 5.98. The zero-order valence-electron chi connectivity index (χ0n) is 19.4. The van der Waals surface area contributed by atoms with Crippen LogP contribution in [0.2, 0.25) is 0 Å². The molecule has 3 aromatic carbocycles. The minimum absolute atomic E-state index is 0.133. The summed E-state index contributed by atoms with van der Waals surface area (Å²) < 4.78 is 48.5. The number of hydrogen-bond acceptors (Lipinski definition) is 4. The molecule has 0 bridgehead atoms. The largest absolute Gasteiger partial charge is 0.573 e. The van der Waals surface area contributed by atoms with Crippen molar-refractivity contribution in [3.05, 3.63) is 84.1 Å². The van der Waals surface area contributed by atoms with Gasteiger partial charge < -0.3 is 24.9 Å². The summed E-state index contributed by atoms with van der Waals surface area (Å²) in [6, 6.07) is 17.4. The lowest BCUT2D eigenvalue weighted by atomic mass is 10.0. The third kappa shape index (κ3) is 5.80. The summed E-state index contributed by atoms with van der Waals surface area (Å²) in [4.78, 5) is 16.4. The number of para-hydroxylation sites is 2. The number of halogens is 3. The Balaban J connectivity index is 1.62. The van der Waals surface area contributed by atoms with Crippen LogP contribution < -0.4 is 14.8 Å². The normalized spacial score (nSPS) is 12.4. The molecule has 0 saturated heterocycles. The molecule has 1 heterocycles. The number of aliphatic hydroxyl groups is 1. The fourth-order valence-corrected chi connectivity index (χ4v) is 4.07. The molecule has 4 rings (SSSR count). The number of aromatic amines is 1. The molecule has 4 aromatic rings. The minimum atomic E-state index is -4.86. The molecule has 1 amide bonds. The number of alkyl halides is 3. The van der Waals surface area contributed by atoms with E-state index in [1.54, 1.807) is 19.1 Å². The summed E-state index contributed by atoms with van der Waals surface area (Å²) in [5.74, 6) is -0.627. The Kier molecular flexibility index (Phi) is 7.49. The molecular formula is C27H25F3N2O4. The first-order valence-electron chi connectivity index (χ1n) is 11.4. The summed E-state index contributed by atoms with van der Waals surface area (Å²) in [5, 5.41) is 13.8. The van der Waals surface area contributed by atoms with E-state index < -0.39 is 18.3 Å². The predicted octanol–water partition coefficient (Wildman–Crippen LogP) is 5.47. The number of rotatable bonds is 9. The van der Waals surface area contributed by atoms with Crippen molar-refractivity contribution in [2.75, 3.05) is 13.2 Å². The van der Waals surface area contributed by atoms with E-state index in [0.29, 0.717) is 12.0 Å². The van der Waals surface area contributed by atoms with Gasteiger partial charge in [-0.25, -0.2) is 0 Å². The van der Waals surface area contributed by atoms with Crippen LogP contribution in [0.25, 0.3) is 22.0 Å². The highest BCUT2D eigenvalue weighted by atomic mass is 19.4. The monoisotopic (exact) mass is 498 g/mol. The lowest BCUT2D eigenvalue weighted by Gasteiger charge is -2.19. The molecule has 0 unspecified atom stereocenters. The maximum atomic E-state index is 13.3. The maximum Gasteiger partial charge on any atom is 0.573 e. The van der Waals surface area contributed by atoms with E-state index in [0.717, 1.165) is 16.5 Å². The van der Waals surface area contributed by atoms with Gasteiger partial charge in [-0.3, -0.25) is 4.79 Å². The molecule has 0 radical (unpaired) electrons. The van der Waals surface area contributed by atoms with E-state index in [-0.39, 0.29) is 35.8 Å². The lowest BCUT2D eigenvalue weighted by molar-refractivity contribution is -0.274.